The van der Waals surface area contributed by atoms with Gasteiger partial charge in [0.15, 0.2) is 5.82 Å². The summed E-state index contributed by atoms with van der Waals surface area (Å²) in [4.78, 5) is 11.6. The molecule has 0 radical (unpaired) electrons. The minimum Gasteiger partial charge on any atom is -0.368 e. The van der Waals surface area contributed by atoms with Crippen LogP contribution in [0.1, 0.15) is 37.2 Å². The van der Waals surface area contributed by atoms with Crippen LogP contribution >= 0.6 is 35.6 Å². The van der Waals surface area contributed by atoms with E-state index in [1.165, 1.54) is 0 Å². The minimum atomic E-state index is 0. The minimum absolute atomic E-state index is 0. The van der Waals surface area contributed by atoms with Crippen LogP contribution in [0.25, 0.3) is 16.8 Å². The van der Waals surface area contributed by atoms with Crippen LogP contribution in [0.3, 0.4) is 0 Å². The monoisotopic (exact) mass is 543 g/mol. The number of aromatic nitrogens is 4. The van der Waals surface area contributed by atoms with Crippen molar-refractivity contribution in [2.24, 2.45) is 0 Å². The summed E-state index contributed by atoms with van der Waals surface area (Å²) in [5, 5.41) is 18.4. The first-order valence-corrected chi connectivity index (χ1v) is 12.4. The number of nitrogens with zero attached hydrogens (tertiary/aromatic N) is 6. The number of nitrogens with one attached hydrogen (secondary N) is 1. The molecule has 0 aliphatic rings. The number of nitriles is 1. The van der Waals surface area contributed by atoms with Crippen molar-refractivity contribution >= 4 is 46.9 Å². The van der Waals surface area contributed by atoms with Crippen LogP contribution in [-0.4, -0.2) is 44.1 Å². The quantitative estimate of drug-likeness (QED) is 0.237. The zero-order chi connectivity index (χ0) is 24.8. The second-order valence-electron chi connectivity index (χ2n) is 8.21. The summed E-state index contributed by atoms with van der Waals surface area (Å²) in [6.45, 7) is 7.70. The van der Waals surface area contributed by atoms with Crippen molar-refractivity contribution in [3.63, 3.8) is 0 Å². The van der Waals surface area contributed by atoms with Crippen molar-refractivity contribution in [1.29, 1.82) is 5.26 Å². The number of hydrogen-bond acceptors (Lipinski definition) is 6. The fourth-order valence-corrected chi connectivity index (χ4v) is 4.37. The Bertz CT molecular complexity index is 1340. The standard InChI is InChI=1S/C26H27Cl2N7.ClH/c1-3-34(4-2)16-21-13-25-26(30-11-5-6-20-9-7-18(14-29)15-31-20)32-24(17-35(25)33-21)22-10-8-19(27)12-23(22)28;/h7-10,12-13,15,17H,3-6,11,16H2,1-2H3,(H,30,32);1H. The smallest absolute Gasteiger partial charge is 0.152 e. The lowest BCUT2D eigenvalue weighted by molar-refractivity contribution is 0.292. The molecule has 3 aromatic heterocycles. The zero-order valence-corrected chi connectivity index (χ0v) is 22.5. The molecule has 0 saturated heterocycles. The van der Waals surface area contributed by atoms with Gasteiger partial charge in [0.1, 0.15) is 11.6 Å². The van der Waals surface area contributed by atoms with Gasteiger partial charge in [0, 0.05) is 35.6 Å². The van der Waals surface area contributed by atoms with E-state index < -0.39 is 0 Å². The molecule has 0 aliphatic heterocycles. The molecule has 0 amide bonds. The summed E-state index contributed by atoms with van der Waals surface area (Å²) in [7, 11) is 0. The van der Waals surface area contributed by atoms with E-state index in [9.17, 15) is 0 Å². The van der Waals surface area contributed by atoms with Gasteiger partial charge in [0.05, 0.1) is 28.2 Å². The highest BCUT2D eigenvalue weighted by molar-refractivity contribution is 6.36. The number of benzene rings is 1. The number of rotatable bonds is 10. The number of anilines is 1. The maximum absolute atomic E-state index is 8.94. The van der Waals surface area contributed by atoms with Gasteiger partial charge in [-0.25, -0.2) is 9.50 Å². The van der Waals surface area contributed by atoms with Crippen LogP contribution in [0.5, 0.6) is 0 Å². The molecule has 1 N–H and O–H groups in total. The summed E-state index contributed by atoms with van der Waals surface area (Å²) in [5.41, 5.74) is 4.93. The van der Waals surface area contributed by atoms with E-state index in [2.05, 4.69) is 41.2 Å². The number of pyridine rings is 1. The summed E-state index contributed by atoms with van der Waals surface area (Å²) in [6.07, 6.45) is 5.17. The Balaban J connectivity index is 0.00000361. The lowest BCUT2D eigenvalue weighted by Gasteiger charge is -2.15. The predicted octanol–water partition coefficient (Wildman–Crippen LogP) is 6.28. The average molecular weight is 545 g/mol. The zero-order valence-electron chi connectivity index (χ0n) is 20.2. The molecule has 1 aromatic carbocycles. The van der Waals surface area contributed by atoms with Gasteiger partial charge in [-0.1, -0.05) is 37.0 Å². The van der Waals surface area contributed by atoms with E-state index >= 15 is 0 Å². The molecular formula is C26H28Cl3N7. The maximum Gasteiger partial charge on any atom is 0.152 e. The molecule has 0 unspecified atom stereocenters. The Morgan fingerprint density at radius 1 is 1.08 bits per heavy atom. The van der Waals surface area contributed by atoms with Gasteiger partial charge in [0.2, 0.25) is 0 Å². The van der Waals surface area contributed by atoms with Crippen molar-refractivity contribution in [2.75, 3.05) is 25.0 Å². The molecule has 3 heterocycles. The second-order valence-corrected chi connectivity index (χ2v) is 9.05. The SMILES string of the molecule is CCN(CC)Cc1cc2c(NCCCc3ccc(C#N)cn3)nc(-c3ccc(Cl)cc3Cl)cn2n1.Cl. The average Bonchev–Trinajstić information content (AvgIpc) is 3.28. The van der Waals surface area contributed by atoms with E-state index in [0.717, 1.165) is 60.8 Å². The largest absolute Gasteiger partial charge is 0.368 e. The molecule has 7 nitrogen and oxygen atoms in total. The first kappa shape index (κ1) is 27.7. The lowest BCUT2D eigenvalue weighted by atomic mass is 10.1. The molecule has 4 aromatic rings. The number of halogens is 3. The highest BCUT2D eigenvalue weighted by Gasteiger charge is 2.14. The first-order valence-electron chi connectivity index (χ1n) is 11.7. The van der Waals surface area contributed by atoms with E-state index in [1.807, 2.05) is 22.8 Å². The lowest BCUT2D eigenvalue weighted by Crippen LogP contribution is -2.22. The third-order valence-corrected chi connectivity index (χ3v) is 6.40. The highest BCUT2D eigenvalue weighted by atomic mass is 35.5. The Morgan fingerprint density at radius 2 is 1.89 bits per heavy atom. The molecule has 0 atom stereocenters. The molecule has 0 spiro atoms. The van der Waals surface area contributed by atoms with Gasteiger partial charge >= 0.3 is 0 Å². The van der Waals surface area contributed by atoms with Crippen LogP contribution in [0.15, 0.2) is 48.8 Å². The highest BCUT2D eigenvalue weighted by Crippen LogP contribution is 2.31. The molecule has 0 fully saturated rings. The molecule has 0 aliphatic carbocycles. The fourth-order valence-electron chi connectivity index (χ4n) is 3.87. The topological polar surface area (TPSA) is 82.1 Å². The molecule has 36 heavy (non-hydrogen) atoms. The molecule has 4 rings (SSSR count). The van der Waals surface area contributed by atoms with Gasteiger partial charge in [-0.2, -0.15) is 10.4 Å². The van der Waals surface area contributed by atoms with Gasteiger partial charge < -0.3 is 5.32 Å². The first-order chi connectivity index (χ1) is 17.0. The third-order valence-electron chi connectivity index (χ3n) is 5.85. The fraction of sp³-hybridized carbons (Fsp3) is 0.308. The van der Waals surface area contributed by atoms with Gasteiger partial charge in [-0.15, -0.1) is 12.4 Å². The Hall–Kier alpha value is -2.89. The van der Waals surface area contributed by atoms with Crippen molar-refractivity contribution < 1.29 is 0 Å². The normalized spacial score (nSPS) is 10.9. The van der Waals surface area contributed by atoms with Crippen LogP contribution < -0.4 is 5.32 Å². The molecule has 0 saturated carbocycles. The van der Waals surface area contributed by atoms with Crippen LogP contribution in [0.4, 0.5) is 5.82 Å². The van der Waals surface area contributed by atoms with Crippen LogP contribution in [0, 0.1) is 11.3 Å². The van der Waals surface area contributed by atoms with E-state index in [1.54, 1.807) is 24.4 Å². The van der Waals surface area contributed by atoms with Crippen molar-refractivity contribution in [1.82, 2.24) is 24.5 Å². The summed E-state index contributed by atoms with van der Waals surface area (Å²) >= 11 is 12.6. The summed E-state index contributed by atoms with van der Waals surface area (Å²) in [5.74, 6) is 0.750. The van der Waals surface area contributed by atoms with Crippen molar-refractivity contribution in [3.05, 3.63) is 75.8 Å². The maximum atomic E-state index is 8.94. The van der Waals surface area contributed by atoms with Crippen LogP contribution in [-0.2, 0) is 13.0 Å². The third kappa shape index (κ3) is 6.65. The van der Waals surface area contributed by atoms with Crippen molar-refractivity contribution in [2.45, 2.75) is 33.2 Å². The summed E-state index contributed by atoms with van der Waals surface area (Å²) in [6, 6.07) is 13.3. The van der Waals surface area contributed by atoms with Gasteiger partial charge in [-0.3, -0.25) is 9.88 Å². The Kier molecular flexibility index (Phi) is 9.91. The van der Waals surface area contributed by atoms with Gasteiger partial charge in [-0.05, 0) is 62.3 Å². The van der Waals surface area contributed by atoms with Crippen molar-refractivity contribution in [3.8, 4) is 17.3 Å². The van der Waals surface area contributed by atoms with E-state index in [-0.39, 0.29) is 12.4 Å². The van der Waals surface area contributed by atoms with Gasteiger partial charge in [0.25, 0.3) is 0 Å². The Labute approximate surface area is 227 Å². The molecular weight excluding hydrogens is 517 g/mol. The number of fused-ring (bicyclic) bond motifs is 1. The van der Waals surface area contributed by atoms with E-state index in [0.29, 0.717) is 27.8 Å². The molecule has 0 bridgehead atoms. The van der Waals surface area contributed by atoms with E-state index in [4.69, 9.17) is 38.5 Å². The molecule has 188 valence electrons. The van der Waals surface area contributed by atoms with Crippen LogP contribution in [0.2, 0.25) is 10.0 Å². The second kappa shape index (κ2) is 12.9. The Morgan fingerprint density at radius 3 is 2.56 bits per heavy atom. The summed E-state index contributed by atoms with van der Waals surface area (Å²) < 4.78 is 1.87. The molecule has 10 heteroatoms. The number of hydrogen-bond donors (Lipinski definition) is 1. The predicted molar refractivity (Wildman–Crippen MR) is 148 cm³/mol. The number of aryl methyl sites for hydroxylation is 1.